The monoisotopic (exact) mass is 503 g/mol. The summed E-state index contributed by atoms with van der Waals surface area (Å²) in [6.45, 7) is 2.57. The fraction of sp³-hybridized carbons (Fsp3) is 0.240. The van der Waals surface area contributed by atoms with Crippen LogP contribution < -0.4 is 18.5 Å². The van der Waals surface area contributed by atoms with Crippen molar-refractivity contribution in [3.8, 4) is 17.2 Å². The van der Waals surface area contributed by atoms with Gasteiger partial charge in [0.25, 0.3) is 10.0 Å². The van der Waals surface area contributed by atoms with Crippen molar-refractivity contribution >= 4 is 33.2 Å². The van der Waals surface area contributed by atoms with Crippen LogP contribution in [-0.2, 0) is 14.8 Å². The van der Waals surface area contributed by atoms with Crippen molar-refractivity contribution in [3.05, 3.63) is 77.8 Å². The van der Waals surface area contributed by atoms with Gasteiger partial charge in [-0.15, -0.1) is 0 Å². The van der Waals surface area contributed by atoms with E-state index < -0.39 is 15.9 Å². The number of amides is 1. The number of nitrogens with zero attached hydrogens (tertiary/aromatic N) is 1. The molecule has 1 amide bonds. The molecular weight excluding hydrogens is 478 g/mol. The van der Waals surface area contributed by atoms with Gasteiger partial charge in [0.05, 0.1) is 30.9 Å². The number of anilines is 1. The van der Waals surface area contributed by atoms with Crippen LogP contribution in [0.4, 0.5) is 5.69 Å². The Labute approximate surface area is 204 Å². The number of hydrogen-bond acceptors (Lipinski definition) is 6. The molecule has 0 unspecified atom stereocenters. The molecule has 3 rings (SSSR count). The van der Waals surface area contributed by atoms with E-state index in [1.54, 1.807) is 55.6 Å². The topological polar surface area (TPSA) is 82.1 Å². The molecule has 0 atom stereocenters. The van der Waals surface area contributed by atoms with Crippen LogP contribution in [0.15, 0.2) is 77.7 Å². The van der Waals surface area contributed by atoms with Gasteiger partial charge in [0.1, 0.15) is 17.2 Å². The van der Waals surface area contributed by atoms with Gasteiger partial charge < -0.3 is 14.2 Å². The Balaban J connectivity index is 1.76. The Kier molecular flexibility index (Phi) is 8.79. The second kappa shape index (κ2) is 11.8. The van der Waals surface area contributed by atoms with Gasteiger partial charge in [-0.25, -0.2) is 12.7 Å². The smallest absolute Gasteiger partial charge is 0.270 e. The molecule has 0 aliphatic heterocycles. The molecule has 0 fully saturated rings. The highest BCUT2D eigenvalue weighted by atomic mass is 35.5. The number of ether oxygens (including phenoxy) is 3. The van der Waals surface area contributed by atoms with E-state index in [1.165, 1.54) is 24.3 Å². The molecule has 0 N–H and O–H groups in total. The summed E-state index contributed by atoms with van der Waals surface area (Å²) in [6.07, 6.45) is 0.296. The van der Waals surface area contributed by atoms with Crippen LogP contribution in [0, 0.1) is 0 Å². The van der Waals surface area contributed by atoms with E-state index in [0.717, 1.165) is 4.31 Å². The van der Waals surface area contributed by atoms with Gasteiger partial charge in [0, 0.05) is 11.4 Å². The maximum atomic E-state index is 13.4. The molecule has 34 heavy (non-hydrogen) atoms. The summed E-state index contributed by atoms with van der Waals surface area (Å²) in [7, 11) is -2.58. The van der Waals surface area contributed by atoms with E-state index in [0.29, 0.717) is 35.3 Å². The summed E-state index contributed by atoms with van der Waals surface area (Å²) in [5, 5.41) is 0.397. The van der Waals surface area contributed by atoms with Gasteiger partial charge in [-0.1, -0.05) is 11.6 Å². The fourth-order valence-electron chi connectivity index (χ4n) is 3.16. The molecule has 9 heteroatoms. The molecule has 0 aliphatic carbocycles. The van der Waals surface area contributed by atoms with Gasteiger partial charge >= 0.3 is 0 Å². The van der Waals surface area contributed by atoms with Crippen molar-refractivity contribution in [2.24, 2.45) is 0 Å². The molecule has 0 saturated heterocycles. The zero-order valence-electron chi connectivity index (χ0n) is 18.9. The van der Waals surface area contributed by atoms with Crippen molar-refractivity contribution in [2.45, 2.75) is 24.7 Å². The third-order valence-corrected chi connectivity index (χ3v) is 6.84. The third kappa shape index (κ3) is 6.42. The van der Waals surface area contributed by atoms with Gasteiger partial charge in [0.2, 0.25) is 5.91 Å². The Morgan fingerprint density at radius 1 is 0.853 bits per heavy atom. The molecule has 0 bridgehead atoms. The minimum absolute atomic E-state index is 0.0316. The highest BCUT2D eigenvalue weighted by Gasteiger charge is 2.30. The second-order valence-electron chi connectivity index (χ2n) is 7.17. The average Bonchev–Trinajstić information content (AvgIpc) is 2.84. The van der Waals surface area contributed by atoms with E-state index in [4.69, 9.17) is 25.8 Å². The normalized spacial score (nSPS) is 11.0. The van der Waals surface area contributed by atoms with Crippen molar-refractivity contribution in [3.63, 3.8) is 0 Å². The molecule has 7 nitrogen and oxygen atoms in total. The summed E-state index contributed by atoms with van der Waals surface area (Å²) >= 11 is 5.91. The lowest BCUT2D eigenvalue weighted by atomic mass is 10.2. The lowest BCUT2D eigenvalue weighted by molar-refractivity contribution is -0.117. The van der Waals surface area contributed by atoms with Gasteiger partial charge in [0.15, 0.2) is 0 Å². The van der Waals surface area contributed by atoms with Crippen molar-refractivity contribution < 1.29 is 27.4 Å². The zero-order valence-corrected chi connectivity index (χ0v) is 20.5. The number of hydrogen-bond donors (Lipinski definition) is 0. The Morgan fingerprint density at radius 2 is 1.41 bits per heavy atom. The van der Waals surface area contributed by atoms with Crippen LogP contribution in [0.3, 0.4) is 0 Å². The number of carbonyl (C=O) groups is 1. The quantitative estimate of drug-likeness (QED) is 0.329. The fourth-order valence-corrected chi connectivity index (χ4v) is 4.74. The van der Waals surface area contributed by atoms with Crippen molar-refractivity contribution in [1.82, 2.24) is 0 Å². The number of carbonyl (C=O) groups excluding carboxylic acids is 1. The molecule has 0 radical (unpaired) electrons. The molecule has 0 heterocycles. The Hall–Kier alpha value is -3.23. The van der Waals surface area contributed by atoms with Crippen LogP contribution in [-0.4, -0.2) is 34.6 Å². The molecule has 3 aromatic carbocycles. The first-order valence-electron chi connectivity index (χ1n) is 10.7. The van der Waals surface area contributed by atoms with Crippen LogP contribution in [0.1, 0.15) is 19.8 Å². The van der Waals surface area contributed by atoms with Gasteiger partial charge in [-0.05, 0) is 86.1 Å². The summed E-state index contributed by atoms with van der Waals surface area (Å²) in [5.74, 6) is 1.35. The van der Waals surface area contributed by atoms with E-state index >= 15 is 0 Å². The largest absolute Gasteiger partial charge is 0.497 e. The summed E-state index contributed by atoms with van der Waals surface area (Å²) in [5.41, 5.74) is 0.222. The standard InChI is InChI=1S/C25H26ClNO6S/c1-3-32-22-10-8-20(9-11-22)27(34(29,30)24-16-6-19(26)7-17-24)25(28)5-4-18-33-23-14-12-21(31-2)13-15-23/h6-17H,3-5,18H2,1-2H3. The summed E-state index contributed by atoms with van der Waals surface area (Å²) in [4.78, 5) is 13.1. The highest BCUT2D eigenvalue weighted by Crippen LogP contribution is 2.28. The first kappa shape index (κ1) is 25.4. The predicted octanol–water partition coefficient (Wildman–Crippen LogP) is 5.33. The number of rotatable bonds is 11. The molecule has 0 aromatic heterocycles. The predicted molar refractivity (Wildman–Crippen MR) is 131 cm³/mol. The van der Waals surface area contributed by atoms with E-state index in [9.17, 15) is 13.2 Å². The van der Waals surface area contributed by atoms with Crippen LogP contribution in [0.2, 0.25) is 5.02 Å². The number of methoxy groups -OCH3 is 1. The molecule has 0 spiro atoms. The SMILES string of the molecule is CCOc1ccc(N(C(=O)CCCOc2ccc(OC)cc2)S(=O)(=O)c2ccc(Cl)cc2)cc1. The third-order valence-electron chi connectivity index (χ3n) is 4.82. The molecule has 180 valence electrons. The van der Waals surface area contributed by atoms with Crippen LogP contribution in [0.5, 0.6) is 17.2 Å². The van der Waals surface area contributed by atoms with E-state index in [-0.39, 0.29) is 23.6 Å². The van der Waals surface area contributed by atoms with Crippen molar-refractivity contribution in [2.75, 3.05) is 24.6 Å². The Morgan fingerprint density at radius 3 is 2.00 bits per heavy atom. The van der Waals surface area contributed by atoms with E-state index in [2.05, 4.69) is 0 Å². The maximum Gasteiger partial charge on any atom is 0.270 e. The molecule has 0 aliphatic rings. The van der Waals surface area contributed by atoms with E-state index in [1.807, 2.05) is 6.92 Å². The molecule has 3 aromatic rings. The lowest BCUT2D eigenvalue weighted by Crippen LogP contribution is -2.37. The highest BCUT2D eigenvalue weighted by molar-refractivity contribution is 7.93. The van der Waals surface area contributed by atoms with Crippen molar-refractivity contribution in [1.29, 1.82) is 0 Å². The second-order valence-corrected chi connectivity index (χ2v) is 9.39. The first-order valence-corrected chi connectivity index (χ1v) is 12.5. The first-order chi connectivity index (χ1) is 16.3. The van der Waals surface area contributed by atoms with Gasteiger partial charge in [-0.2, -0.15) is 0 Å². The zero-order chi connectivity index (χ0) is 24.6. The van der Waals surface area contributed by atoms with Crippen LogP contribution >= 0.6 is 11.6 Å². The maximum absolute atomic E-state index is 13.4. The Bertz CT molecular complexity index is 1180. The molecule has 0 saturated carbocycles. The van der Waals surface area contributed by atoms with Gasteiger partial charge in [-0.3, -0.25) is 4.79 Å². The van der Waals surface area contributed by atoms with Crippen LogP contribution in [0.25, 0.3) is 0 Å². The number of sulfonamides is 1. The number of benzene rings is 3. The average molecular weight is 504 g/mol. The summed E-state index contributed by atoms with van der Waals surface area (Å²) in [6, 6.07) is 19.1. The minimum Gasteiger partial charge on any atom is -0.497 e. The summed E-state index contributed by atoms with van der Waals surface area (Å²) < 4.78 is 43.8. The lowest BCUT2D eigenvalue weighted by Gasteiger charge is -2.23. The number of halogens is 1. The minimum atomic E-state index is -4.16. The molecular formula is C25H26ClNO6S.